The Morgan fingerprint density at radius 1 is 1.44 bits per heavy atom. The zero-order chi connectivity index (χ0) is 13.2. The molecule has 18 heavy (non-hydrogen) atoms. The summed E-state index contributed by atoms with van der Waals surface area (Å²) in [6.07, 6.45) is -0.229. The third-order valence-electron chi connectivity index (χ3n) is 3.07. The van der Waals surface area contributed by atoms with Gasteiger partial charge in [0.25, 0.3) is 0 Å². The number of methoxy groups -OCH3 is 1. The molecule has 0 amide bonds. The highest BCUT2D eigenvalue weighted by molar-refractivity contribution is 7.89. The Bertz CT molecular complexity index is 515. The van der Waals surface area contributed by atoms with Gasteiger partial charge in [0.05, 0.1) is 24.5 Å². The fraction of sp³-hybridized carbons (Fsp3) is 0.500. The normalized spacial score (nSPS) is 23.0. The van der Waals surface area contributed by atoms with Crippen LogP contribution in [0.25, 0.3) is 0 Å². The van der Waals surface area contributed by atoms with Crippen LogP contribution in [0.5, 0.6) is 0 Å². The summed E-state index contributed by atoms with van der Waals surface area (Å²) in [4.78, 5) is 0. The van der Waals surface area contributed by atoms with Crippen molar-refractivity contribution >= 4 is 10.0 Å². The molecule has 0 aliphatic heterocycles. The van der Waals surface area contributed by atoms with Crippen LogP contribution in [0.2, 0.25) is 0 Å². The maximum Gasteiger partial charge on any atom is 0.214 e. The van der Waals surface area contributed by atoms with Gasteiger partial charge >= 0.3 is 0 Å². The monoisotopic (exact) mass is 271 g/mol. The van der Waals surface area contributed by atoms with Crippen LogP contribution in [0.4, 0.5) is 0 Å². The molecule has 0 heterocycles. The first-order chi connectivity index (χ1) is 8.53. The Kier molecular flexibility index (Phi) is 4.01. The van der Waals surface area contributed by atoms with Crippen molar-refractivity contribution in [1.82, 2.24) is 4.72 Å². The molecule has 2 unspecified atom stereocenters. The summed E-state index contributed by atoms with van der Waals surface area (Å²) < 4.78 is 30.9. The molecule has 2 N–H and O–H groups in total. The van der Waals surface area contributed by atoms with Crippen molar-refractivity contribution < 1.29 is 18.3 Å². The summed E-state index contributed by atoms with van der Waals surface area (Å²) in [5.74, 6) is -0.102. The molecule has 100 valence electrons. The van der Waals surface area contributed by atoms with Crippen molar-refractivity contribution in [3.63, 3.8) is 0 Å². The number of hydrogen-bond donors (Lipinski definition) is 2. The molecule has 2 rings (SSSR count). The molecule has 0 aromatic heterocycles. The molecule has 0 bridgehead atoms. The van der Waals surface area contributed by atoms with E-state index in [4.69, 9.17) is 4.74 Å². The average Bonchev–Trinajstić information content (AvgIpc) is 2.63. The molecule has 0 fully saturated rings. The number of sulfonamides is 1. The predicted molar refractivity (Wildman–Crippen MR) is 67.7 cm³/mol. The molecular weight excluding hydrogens is 254 g/mol. The number of benzene rings is 1. The number of hydrogen-bond acceptors (Lipinski definition) is 4. The summed E-state index contributed by atoms with van der Waals surface area (Å²) in [5, 5.41) is 9.94. The Hall–Kier alpha value is -0.950. The summed E-state index contributed by atoms with van der Waals surface area (Å²) in [7, 11) is -1.98. The van der Waals surface area contributed by atoms with E-state index in [0.29, 0.717) is 6.42 Å². The lowest BCUT2D eigenvalue weighted by atomic mass is 10.1. The molecule has 1 aromatic rings. The third-order valence-corrected chi connectivity index (χ3v) is 4.38. The molecule has 6 heteroatoms. The van der Waals surface area contributed by atoms with Gasteiger partial charge in [-0.2, -0.15) is 0 Å². The minimum atomic E-state index is -3.44. The molecule has 1 aliphatic carbocycles. The number of aliphatic hydroxyl groups excluding tert-OH is 1. The van der Waals surface area contributed by atoms with Crippen LogP contribution in [0.15, 0.2) is 24.3 Å². The van der Waals surface area contributed by atoms with Crippen LogP contribution in [0, 0.1) is 0 Å². The topological polar surface area (TPSA) is 75.6 Å². The molecule has 0 spiro atoms. The molecule has 5 nitrogen and oxygen atoms in total. The van der Waals surface area contributed by atoms with E-state index in [1.165, 1.54) is 7.11 Å². The Morgan fingerprint density at radius 3 is 2.89 bits per heavy atom. The highest BCUT2D eigenvalue weighted by Crippen LogP contribution is 2.31. The fourth-order valence-electron chi connectivity index (χ4n) is 2.16. The molecule has 0 saturated carbocycles. The lowest BCUT2D eigenvalue weighted by molar-refractivity contribution is 0.151. The fourth-order valence-corrected chi connectivity index (χ4v) is 3.34. The van der Waals surface area contributed by atoms with Gasteiger partial charge in [-0.05, 0) is 11.1 Å². The highest BCUT2D eigenvalue weighted by Gasteiger charge is 2.33. The molecule has 1 aromatic carbocycles. The van der Waals surface area contributed by atoms with Gasteiger partial charge in [-0.25, -0.2) is 13.1 Å². The van der Waals surface area contributed by atoms with Gasteiger partial charge in [0, 0.05) is 13.5 Å². The maximum atomic E-state index is 11.8. The van der Waals surface area contributed by atoms with Crippen molar-refractivity contribution in [1.29, 1.82) is 0 Å². The van der Waals surface area contributed by atoms with Gasteiger partial charge in [0.15, 0.2) is 0 Å². The van der Waals surface area contributed by atoms with E-state index < -0.39 is 22.2 Å². The third kappa shape index (κ3) is 2.89. The van der Waals surface area contributed by atoms with E-state index in [2.05, 4.69) is 4.72 Å². The van der Waals surface area contributed by atoms with Crippen molar-refractivity contribution in [2.75, 3.05) is 19.5 Å². The van der Waals surface area contributed by atoms with Gasteiger partial charge in [-0.3, -0.25) is 0 Å². The summed E-state index contributed by atoms with van der Waals surface area (Å²) in [5.41, 5.74) is 1.84. The second kappa shape index (κ2) is 5.36. The van der Waals surface area contributed by atoms with Gasteiger partial charge in [-0.15, -0.1) is 0 Å². The number of aliphatic hydroxyl groups is 1. The van der Waals surface area contributed by atoms with Crippen LogP contribution in [-0.2, 0) is 21.2 Å². The Balaban J connectivity index is 2.15. The van der Waals surface area contributed by atoms with Crippen molar-refractivity contribution in [2.24, 2.45) is 0 Å². The van der Waals surface area contributed by atoms with Gasteiger partial charge in [0.2, 0.25) is 10.0 Å². The van der Waals surface area contributed by atoms with Crippen LogP contribution >= 0.6 is 0 Å². The number of rotatable bonds is 5. The molecule has 1 aliphatic rings. The zero-order valence-corrected chi connectivity index (χ0v) is 11.0. The van der Waals surface area contributed by atoms with Crippen molar-refractivity contribution in [2.45, 2.75) is 18.6 Å². The molecule has 2 atom stereocenters. The summed E-state index contributed by atoms with van der Waals surface area (Å²) in [6, 6.07) is 6.92. The average molecular weight is 271 g/mol. The van der Waals surface area contributed by atoms with Gasteiger partial charge in [0.1, 0.15) is 0 Å². The van der Waals surface area contributed by atoms with E-state index in [9.17, 15) is 13.5 Å². The summed E-state index contributed by atoms with van der Waals surface area (Å²) in [6.45, 7) is 0.139. The second-order valence-corrected chi connectivity index (χ2v) is 6.25. The first-order valence-corrected chi connectivity index (χ1v) is 7.43. The minimum Gasteiger partial charge on any atom is -0.391 e. The van der Waals surface area contributed by atoms with Crippen LogP contribution in [0.3, 0.4) is 0 Å². The molecular formula is C12H17NO4S. The second-order valence-electron chi connectivity index (χ2n) is 4.38. The zero-order valence-electron chi connectivity index (χ0n) is 10.2. The first-order valence-electron chi connectivity index (χ1n) is 5.78. The Labute approximate surface area is 107 Å². The minimum absolute atomic E-state index is 0.102. The van der Waals surface area contributed by atoms with Crippen LogP contribution in [0.1, 0.15) is 17.2 Å². The largest absolute Gasteiger partial charge is 0.391 e. The van der Waals surface area contributed by atoms with Crippen LogP contribution < -0.4 is 4.72 Å². The van der Waals surface area contributed by atoms with E-state index in [0.717, 1.165) is 11.1 Å². The van der Waals surface area contributed by atoms with E-state index in [1.807, 2.05) is 24.3 Å². The molecule has 0 radical (unpaired) electrons. The number of nitrogens with one attached hydrogen (secondary N) is 1. The lowest BCUT2D eigenvalue weighted by Gasteiger charge is -2.17. The van der Waals surface area contributed by atoms with Gasteiger partial charge in [-0.1, -0.05) is 24.3 Å². The Morgan fingerprint density at radius 2 is 2.17 bits per heavy atom. The van der Waals surface area contributed by atoms with Gasteiger partial charge < -0.3 is 9.84 Å². The van der Waals surface area contributed by atoms with E-state index in [-0.39, 0.29) is 12.4 Å². The quantitative estimate of drug-likeness (QED) is 0.803. The highest BCUT2D eigenvalue weighted by atomic mass is 32.2. The number of ether oxygens (including phenoxy) is 1. The predicted octanol–water partition coefficient (Wildman–Crippen LogP) is 0.210. The standard InChI is InChI=1S/C12H17NO4S/c1-17-6-7-18(15,16)13-12-10-5-3-2-4-9(10)8-11(12)14/h2-5,11-14H,6-8H2,1H3. The SMILES string of the molecule is COCCS(=O)(=O)NC1c2ccccc2CC1O. The van der Waals surface area contributed by atoms with Crippen LogP contribution in [-0.4, -0.2) is 39.1 Å². The van der Waals surface area contributed by atoms with Crippen molar-refractivity contribution in [3.8, 4) is 0 Å². The molecule has 0 saturated heterocycles. The first kappa shape index (κ1) is 13.5. The van der Waals surface area contributed by atoms with E-state index in [1.54, 1.807) is 0 Å². The maximum absolute atomic E-state index is 11.8. The summed E-state index contributed by atoms with van der Waals surface area (Å²) >= 11 is 0. The van der Waals surface area contributed by atoms with Crippen molar-refractivity contribution in [3.05, 3.63) is 35.4 Å². The smallest absolute Gasteiger partial charge is 0.214 e. The lowest BCUT2D eigenvalue weighted by Crippen LogP contribution is -2.36. The van der Waals surface area contributed by atoms with E-state index >= 15 is 0 Å². The number of fused-ring (bicyclic) bond motifs is 1.